The van der Waals surface area contributed by atoms with Gasteiger partial charge in [-0.3, -0.25) is 0 Å². The minimum Gasteiger partial charge on any atom is -0.506 e. The third-order valence-corrected chi connectivity index (χ3v) is 1.17. The molecule has 1 aromatic carbocycles. The molecule has 1 rings (SSSR count). The van der Waals surface area contributed by atoms with Crippen LogP contribution in [0.15, 0.2) is 24.3 Å². The lowest BCUT2D eigenvalue weighted by Gasteiger charge is -1.89. The van der Waals surface area contributed by atoms with Crippen LogP contribution in [0.3, 0.4) is 0 Å². The van der Waals surface area contributed by atoms with Crippen molar-refractivity contribution in [3.8, 4) is 5.75 Å². The molecule has 0 radical (unpaired) electrons. The Morgan fingerprint density at radius 2 is 1.73 bits per heavy atom. The molecule has 0 aromatic heterocycles. The van der Waals surface area contributed by atoms with Gasteiger partial charge in [-0.2, -0.15) is 0 Å². The predicted molar refractivity (Wildman–Crippen MR) is 49.1 cm³/mol. The van der Waals surface area contributed by atoms with Crippen LogP contribution < -0.4 is 0 Å². The molecule has 1 N–H and O–H groups in total. The first-order valence-corrected chi connectivity index (χ1v) is 4.03. The molecule has 0 saturated carbocycles. The van der Waals surface area contributed by atoms with Crippen molar-refractivity contribution < 1.29 is 5.11 Å². The van der Waals surface area contributed by atoms with Gasteiger partial charge in [0.05, 0.1) is 5.02 Å². The number of benzene rings is 1. The summed E-state index contributed by atoms with van der Waals surface area (Å²) in [5.41, 5.74) is 0. The smallest absolute Gasteiger partial charge is 0.134 e. The molecule has 0 aliphatic rings. The van der Waals surface area contributed by atoms with Crippen molar-refractivity contribution in [2.24, 2.45) is 0 Å². The van der Waals surface area contributed by atoms with E-state index in [1.165, 1.54) is 6.42 Å². The molecule has 0 atom stereocenters. The lowest BCUT2D eigenvalue weighted by molar-refractivity contribution is 0.475. The van der Waals surface area contributed by atoms with Gasteiger partial charge in [-0.1, -0.05) is 44.0 Å². The Labute approximate surface area is 72.6 Å². The molecule has 62 valence electrons. The largest absolute Gasteiger partial charge is 0.506 e. The van der Waals surface area contributed by atoms with Gasteiger partial charge < -0.3 is 5.11 Å². The number of halogens is 1. The van der Waals surface area contributed by atoms with E-state index >= 15 is 0 Å². The summed E-state index contributed by atoms with van der Waals surface area (Å²) < 4.78 is 0. The fraction of sp³-hybridized carbons (Fsp3) is 0.333. The number of phenols is 1. The van der Waals surface area contributed by atoms with E-state index in [1.807, 2.05) is 0 Å². The molecule has 0 aliphatic carbocycles. The van der Waals surface area contributed by atoms with E-state index in [0.29, 0.717) is 5.02 Å². The monoisotopic (exact) mass is 172 g/mol. The van der Waals surface area contributed by atoms with Gasteiger partial charge in [-0.25, -0.2) is 0 Å². The summed E-state index contributed by atoms with van der Waals surface area (Å²) in [5, 5.41) is 9.18. The number of phenolic OH excluding ortho intramolecular Hbond substituents is 1. The Bertz CT molecular complexity index is 178. The second-order valence-corrected chi connectivity index (χ2v) is 2.57. The molecule has 0 amide bonds. The van der Waals surface area contributed by atoms with Crippen molar-refractivity contribution in [2.45, 2.75) is 20.3 Å². The highest BCUT2D eigenvalue weighted by atomic mass is 35.5. The third kappa shape index (κ3) is 4.68. The van der Waals surface area contributed by atoms with Crippen LogP contribution in [0.5, 0.6) is 5.75 Å². The number of rotatable bonds is 0. The topological polar surface area (TPSA) is 20.2 Å². The van der Waals surface area contributed by atoms with Gasteiger partial charge in [-0.15, -0.1) is 0 Å². The number of para-hydroxylation sites is 1. The first kappa shape index (κ1) is 10.3. The average Bonchev–Trinajstić information content (AvgIpc) is 1.97. The van der Waals surface area contributed by atoms with Crippen LogP contribution in [-0.4, -0.2) is 5.11 Å². The SMILES string of the molecule is CCC.Oc1ccccc1Cl. The van der Waals surface area contributed by atoms with Crippen molar-refractivity contribution in [3.05, 3.63) is 29.3 Å². The van der Waals surface area contributed by atoms with Gasteiger partial charge in [-0.05, 0) is 12.1 Å². The summed E-state index contributed by atoms with van der Waals surface area (Å²) in [6.45, 7) is 4.25. The van der Waals surface area contributed by atoms with Crippen LogP contribution >= 0.6 is 11.6 Å². The third-order valence-electron chi connectivity index (χ3n) is 0.852. The lowest BCUT2D eigenvalue weighted by Crippen LogP contribution is -1.62. The van der Waals surface area contributed by atoms with E-state index in [-0.39, 0.29) is 5.75 Å². The minimum absolute atomic E-state index is 0.133. The molecular formula is C9H13ClO. The summed E-state index contributed by atoms with van der Waals surface area (Å²) in [5.74, 6) is 0.133. The predicted octanol–water partition coefficient (Wildman–Crippen LogP) is 3.46. The highest BCUT2D eigenvalue weighted by Crippen LogP contribution is 2.20. The Balaban J connectivity index is 0.000000292. The van der Waals surface area contributed by atoms with Crippen molar-refractivity contribution in [3.63, 3.8) is 0 Å². The number of aromatic hydroxyl groups is 1. The number of hydrogen-bond acceptors (Lipinski definition) is 1. The maximum atomic E-state index is 8.79. The Morgan fingerprint density at radius 1 is 1.27 bits per heavy atom. The van der Waals surface area contributed by atoms with Crippen LogP contribution in [-0.2, 0) is 0 Å². The van der Waals surface area contributed by atoms with E-state index in [4.69, 9.17) is 16.7 Å². The summed E-state index contributed by atoms with van der Waals surface area (Å²) in [7, 11) is 0. The molecule has 0 heterocycles. The van der Waals surface area contributed by atoms with Gasteiger partial charge in [0.15, 0.2) is 0 Å². The Kier molecular flexibility index (Phi) is 5.67. The van der Waals surface area contributed by atoms with Crippen molar-refractivity contribution in [1.82, 2.24) is 0 Å². The summed E-state index contributed by atoms with van der Waals surface area (Å²) in [6.07, 6.45) is 1.25. The first-order valence-electron chi connectivity index (χ1n) is 3.65. The van der Waals surface area contributed by atoms with Crippen LogP contribution in [0.2, 0.25) is 5.02 Å². The van der Waals surface area contributed by atoms with Gasteiger partial charge >= 0.3 is 0 Å². The van der Waals surface area contributed by atoms with E-state index in [0.717, 1.165) is 0 Å². The van der Waals surface area contributed by atoms with Crippen molar-refractivity contribution >= 4 is 11.6 Å². The van der Waals surface area contributed by atoms with Gasteiger partial charge in [0.1, 0.15) is 5.75 Å². The van der Waals surface area contributed by atoms with Gasteiger partial charge in [0.25, 0.3) is 0 Å². The molecule has 0 aliphatic heterocycles. The lowest BCUT2D eigenvalue weighted by atomic mass is 10.3. The first-order chi connectivity index (χ1) is 5.22. The van der Waals surface area contributed by atoms with Crippen LogP contribution in [0.1, 0.15) is 20.3 Å². The maximum Gasteiger partial charge on any atom is 0.134 e. The normalized spacial score (nSPS) is 8.27. The highest BCUT2D eigenvalue weighted by molar-refractivity contribution is 6.31. The van der Waals surface area contributed by atoms with E-state index in [2.05, 4.69) is 13.8 Å². The fourth-order valence-corrected chi connectivity index (χ4v) is 0.587. The van der Waals surface area contributed by atoms with E-state index < -0.39 is 0 Å². The van der Waals surface area contributed by atoms with Crippen LogP contribution in [0, 0.1) is 0 Å². The molecule has 0 saturated heterocycles. The zero-order chi connectivity index (χ0) is 8.69. The van der Waals surface area contributed by atoms with Crippen LogP contribution in [0.25, 0.3) is 0 Å². The average molecular weight is 173 g/mol. The summed E-state index contributed by atoms with van der Waals surface area (Å²) >= 11 is 5.46. The fourth-order valence-electron chi connectivity index (χ4n) is 0.452. The zero-order valence-electron chi connectivity index (χ0n) is 6.84. The quantitative estimate of drug-likeness (QED) is 0.636. The van der Waals surface area contributed by atoms with Crippen molar-refractivity contribution in [1.29, 1.82) is 0 Å². The van der Waals surface area contributed by atoms with Crippen molar-refractivity contribution in [2.75, 3.05) is 0 Å². The Morgan fingerprint density at radius 3 is 2.00 bits per heavy atom. The standard InChI is InChI=1S/C6H5ClO.C3H8/c7-5-3-1-2-4-6(5)8;1-3-2/h1-4,8H;3H2,1-2H3. The molecule has 11 heavy (non-hydrogen) atoms. The highest BCUT2D eigenvalue weighted by Gasteiger charge is 1.89. The maximum absolute atomic E-state index is 8.79. The minimum atomic E-state index is 0.133. The van der Waals surface area contributed by atoms with E-state index in [1.54, 1.807) is 24.3 Å². The second kappa shape index (κ2) is 6.05. The molecule has 0 bridgehead atoms. The van der Waals surface area contributed by atoms with Gasteiger partial charge in [0, 0.05) is 0 Å². The number of hydrogen-bond donors (Lipinski definition) is 1. The molecule has 2 heteroatoms. The van der Waals surface area contributed by atoms with Crippen LogP contribution in [0.4, 0.5) is 0 Å². The molecule has 0 fully saturated rings. The molecule has 0 spiro atoms. The second-order valence-electron chi connectivity index (χ2n) is 2.16. The molecule has 0 unspecified atom stereocenters. The summed E-state index contributed by atoms with van der Waals surface area (Å²) in [6, 6.07) is 6.67. The van der Waals surface area contributed by atoms with E-state index in [9.17, 15) is 0 Å². The zero-order valence-corrected chi connectivity index (χ0v) is 7.60. The molecule has 1 nitrogen and oxygen atoms in total. The molecular weight excluding hydrogens is 160 g/mol. The molecule has 1 aromatic rings. The summed E-state index contributed by atoms with van der Waals surface area (Å²) in [4.78, 5) is 0. The van der Waals surface area contributed by atoms with Gasteiger partial charge in [0.2, 0.25) is 0 Å². The Hall–Kier alpha value is -0.690.